The van der Waals surface area contributed by atoms with Gasteiger partial charge in [-0.3, -0.25) is 9.78 Å². The molecule has 35 heavy (non-hydrogen) atoms. The standard InChI is InChI=1S/C25H28F2N6O2/c1-17-6-7-19(24(34)29-10-3-12-32-15-11-28-16-32)22(30-17)18-8-13-33(14-9-18)25(35)31-23-20(26)4-2-5-21(23)27/h2,4-7,11,15-16,18H,3,8-10,12-14H2,1H3,(H,29,34)(H,31,35). The van der Waals surface area contributed by atoms with Crippen molar-refractivity contribution < 1.29 is 18.4 Å². The van der Waals surface area contributed by atoms with Gasteiger partial charge in [-0.2, -0.15) is 0 Å². The SMILES string of the molecule is Cc1ccc(C(=O)NCCCn2ccnc2)c(C2CCN(C(=O)Nc3c(F)cccc3F)CC2)n1. The van der Waals surface area contributed by atoms with Crippen LogP contribution in [0.5, 0.6) is 0 Å². The fourth-order valence-electron chi connectivity index (χ4n) is 4.22. The molecule has 10 heteroatoms. The highest BCUT2D eigenvalue weighted by molar-refractivity contribution is 5.95. The third kappa shape index (κ3) is 6.00. The molecule has 4 rings (SSSR count). The first-order valence-electron chi connectivity index (χ1n) is 11.6. The maximum atomic E-state index is 13.9. The van der Waals surface area contributed by atoms with E-state index in [4.69, 9.17) is 0 Å². The minimum Gasteiger partial charge on any atom is -0.352 e. The number of para-hydroxylation sites is 1. The average Bonchev–Trinajstić information content (AvgIpc) is 3.38. The largest absolute Gasteiger partial charge is 0.352 e. The predicted octanol–water partition coefficient (Wildman–Crippen LogP) is 4.10. The molecule has 0 unspecified atom stereocenters. The first-order valence-corrected chi connectivity index (χ1v) is 11.6. The summed E-state index contributed by atoms with van der Waals surface area (Å²) in [5.74, 6) is -1.82. The lowest BCUT2D eigenvalue weighted by Gasteiger charge is -2.32. The summed E-state index contributed by atoms with van der Waals surface area (Å²) < 4.78 is 29.7. The summed E-state index contributed by atoms with van der Waals surface area (Å²) in [6.07, 6.45) is 7.28. The van der Waals surface area contributed by atoms with Gasteiger partial charge in [0.15, 0.2) is 0 Å². The molecule has 2 N–H and O–H groups in total. The second-order valence-electron chi connectivity index (χ2n) is 8.58. The molecule has 1 fully saturated rings. The number of imidazole rings is 1. The van der Waals surface area contributed by atoms with E-state index in [1.807, 2.05) is 23.8 Å². The number of hydrogen-bond acceptors (Lipinski definition) is 4. The van der Waals surface area contributed by atoms with Gasteiger partial charge in [0.1, 0.15) is 17.3 Å². The number of nitrogens with zero attached hydrogens (tertiary/aromatic N) is 4. The van der Waals surface area contributed by atoms with Crippen LogP contribution in [0, 0.1) is 18.6 Å². The van der Waals surface area contributed by atoms with Gasteiger partial charge in [0, 0.05) is 50.2 Å². The number of benzene rings is 1. The molecule has 0 radical (unpaired) electrons. The van der Waals surface area contributed by atoms with Crippen molar-refractivity contribution in [1.29, 1.82) is 0 Å². The van der Waals surface area contributed by atoms with Gasteiger partial charge < -0.3 is 20.1 Å². The van der Waals surface area contributed by atoms with Gasteiger partial charge in [0.2, 0.25) is 0 Å². The van der Waals surface area contributed by atoms with Gasteiger partial charge in [-0.25, -0.2) is 18.6 Å². The Morgan fingerprint density at radius 2 is 1.86 bits per heavy atom. The second-order valence-corrected chi connectivity index (χ2v) is 8.58. The van der Waals surface area contributed by atoms with Crippen molar-refractivity contribution in [3.05, 3.63) is 77.6 Å². The van der Waals surface area contributed by atoms with E-state index in [1.54, 1.807) is 18.6 Å². The second kappa shape index (κ2) is 11.1. The lowest BCUT2D eigenvalue weighted by atomic mass is 9.90. The molecule has 0 aliphatic carbocycles. The van der Waals surface area contributed by atoms with Crippen LogP contribution in [0.3, 0.4) is 0 Å². The summed E-state index contributed by atoms with van der Waals surface area (Å²) in [5, 5.41) is 5.30. The highest BCUT2D eigenvalue weighted by Gasteiger charge is 2.28. The third-order valence-electron chi connectivity index (χ3n) is 6.11. The molecule has 0 spiro atoms. The number of rotatable bonds is 7. The first kappa shape index (κ1) is 24.3. The molecule has 1 saturated heterocycles. The van der Waals surface area contributed by atoms with Crippen LogP contribution in [-0.4, -0.2) is 51.0 Å². The van der Waals surface area contributed by atoms with Crippen molar-refractivity contribution in [3.63, 3.8) is 0 Å². The van der Waals surface area contributed by atoms with Gasteiger partial charge in [-0.15, -0.1) is 0 Å². The lowest BCUT2D eigenvalue weighted by Crippen LogP contribution is -2.41. The molecule has 0 atom stereocenters. The highest BCUT2D eigenvalue weighted by Crippen LogP contribution is 2.30. The van der Waals surface area contributed by atoms with Crippen molar-refractivity contribution in [2.75, 3.05) is 25.0 Å². The Labute approximate surface area is 202 Å². The molecule has 3 amide bonds. The van der Waals surface area contributed by atoms with Crippen LogP contribution in [0.25, 0.3) is 0 Å². The van der Waals surface area contributed by atoms with E-state index in [-0.39, 0.29) is 11.8 Å². The van der Waals surface area contributed by atoms with Crippen LogP contribution in [0.1, 0.15) is 46.9 Å². The Kier molecular flexibility index (Phi) is 7.69. The minimum atomic E-state index is -0.821. The zero-order chi connectivity index (χ0) is 24.8. The van der Waals surface area contributed by atoms with Crippen LogP contribution >= 0.6 is 0 Å². The number of aryl methyl sites for hydroxylation is 2. The van der Waals surface area contributed by atoms with Crippen LogP contribution in [-0.2, 0) is 6.54 Å². The number of anilines is 1. The number of carbonyl (C=O) groups excluding carboxylic acids is 2. The topological polar surface area (TPSA) is 92.2 Å². The highest BCUT2D eigenvalue weighted by atomic mass is 19.1. The number of piperidine rings is 1. The number of carbonyl (C=O) groups is 2. The quantitative estimate of drug-likeness (QED) is 0.496. The Hall–Kier alpha value is -3.82. The van der Waals surface area contributed by atoms with E-state index in [2.05, 4.69) is 20.6 Å². The number of likely N-dealkylation sites (tertiary alicyclic amines) is 1. The maximum absolute atomic E-state index is 13.9. The number of pyridine rings is 1. The molecule has 2 aromatic heterocycles. The van der Waals surface area contributed by atoms with E-state index in [0.29, 0.717) is 38.0 Å². The van der Waals surface area contributed by atoms with Gasteiger partial charge in [-0.1, -0.05) is 6.07 Å². The monoisotopic (exact) mass is 482 g/mol. The van der Waals surface area contributed by atoms with Gasteiger partial charge in [0.25, 0.3) is 5.91 Å². The summed E-state index contributed by atoms with van der Waals surface area (Å²) in [7, 11) is 0. The molecule has 184 valence electrons. The average molecular weight is 483 g/mol. The summed E-state index contributed by atoms with van der Waals surface area (Å²) in [4.78, 5) is 35.7. The molecular formula is C25H28F2N6O2. The van der Waals surface area contributed by atoms with Gasteiger partial charge in [0.05, 0.1) is 17.6 Å². The fraction of sp³-hybridized carbons (Fsp3) is 0.360. The van der Waals surface area contributed by atoms with Crippen molar-refractivity contribution >= 4 is 17.6 Å². The Balaban J connectivity index is 1.35. The number of urea groups is 1. The Morgan fingerprint density at radius 1 is 1.11 bits per heavy atom. The van der Waals surface area contributed by atoms with Crippen molar-refractivity contribution in [3.8, 4) is 0 Å². The summed E-state index contributed by atoms with van der Waals surface area (Å²) in [5.41, 5.74) is 1.62. The van der Waals surface area contributed by atoms with E-state index in [9.17, 15) is 18.4 Å². The number of aromatic nitrogens is 3. The molecular weight excluding hydrogens is 454 g/mol. The van der Waals surface area contributed by atoms with Crippen LogP contribution in [0.4, 0.5) is 19.3 Å². The van der Waals surface area contributed by atoms with Crippen molar-refractivity contribution in [2.45, 2.75) is 38.6 Å². The van der Waals surface area contributed by atoms with Crippen molar-refractivity contribution in [2.24, 2.45) is 0 Å². The molecule has 0 saturated carbocycles. The zero-order valence-electron chi connectivity index (χ0n) is 19.5. The number of halogens is 2. The summed E-state index contributed by atoms with van der Waals surface area (Å²) >= 11 is 0. The van der Waals surface area contributed by atoms with E-state index in [0.717, 1.165) is 36.5 Å². The van der Waals surface area contributed by atoms with Crippen LogP contribution in [0.2, 0.25) is 0 Å². The van der Waals surface area contributed by atoms with Crippen LogP contribution in [0.15, 0.2) is 49.1 Å². The summed E-state index contributed by atoms with van der Waals surface area (Å²) in [6.45, 7) is 3.93. The van der Waals surface area contributed by atoms with E-state index in [1.165, 1.54) is 11.0 Å². The smallest absolute Gasteiger partial charge is 0.322 e. The first-order chi connectivity index (χ1) is 16.9. The normalized spacial score (nSPS) is 14.1. The minimum absolute atomic E-state index is 0.00385. The Bertz CT molecular complexity index is 1160. The van der Waals surface area contributed by atoms with Gasteiger partial charge in [-0.05, 0) is 50.5 Å². The predicted molar refractivity (Wildman–Crippen MR) is 127 cm³/mol. The van der Waals surface area contributed by atoms with Crippen molar-refractivity contribution in [1.82, 2.24) is 24.8 Å². The molecule has 8 nitrogen and oxygen atoms in total. The Morgan fingerprint density at radius 3 is 2.54 bits per heavy atom. The molecule has 1 aromatic carbocycles. The molecule has 1 aliphatic heterocycles. The third-order valence-corrected chi connectivity index (χ3v) is 6.11. The lowest BCUT2D eigenvalue weighted by molar-refractivity contribution is 0.0949. The van der Waals surface area contributed by atoms with Crippen LogP contribution < -0.4 is 10.6 Å². The number of hydrogen-bond donors (Lipinski definition) is 2. The van der Waals surface area contributed by atoms with E-state index >= 15 is 0 Å². The maximum Gasteiger partial charge on any atom is 0.322 e. The molecule has 1 aliphatic rings. The summed E-state index contributed by atoms with van der Waals surface area (Å²) in [6, 6.07) is 6.49. The van der Waals surface area contributed by atoms with Gasteiger partial charge >= 0.3 is 6.03 Å². The number of amides is 3. The number of nitrogens with one attached hydrogen (secondary N) is 2. The molecule has 3 aromatic rings. The van der Waals surface area contributed by atoms with E-state index < -0.39 is 23.4 Å². The fourth-order valence-corrected chi connectivity index (χ4v) is 4.22. The molecule has 0 bridgehead atoms. The molecule has 3 heterocycles. The zero-order valence-corrected chi connectivity index (χ0v) is 19.5.